The number of hydrogen-bond acceptors (Lipinski definition) is 5. The molecule has 0 aliphatic carbocycles. The van der Waals surface area contributed by atoms with E-state index in [1.807, 2.05) is 6.07 Å². The van der Waals surface area contributed by atoms with Gasteiger partial charge in [0.15, 0.2) is 0 Å². The van der Waals surface area contributed by atoms with Crippen molar-refractivity contribution >= 4 is 5.82 Å². The van der Waals surface area contributed by atoms with Crippen molar-refractivity contribution in [2.45, 2.75) is 19.9 Å². The fourth-order valence-electron chi connectivity index (χ4n) is 3.40. The Labute approximate surface area is 156 Å². The van der Waals surface area contributed by atoms with Crippen LogP contribution in [-0.4, -0.2) is 68.2 Å². The number of benzene rings is 1. The lowest BCUT2D eigenvalue weighted by molar-refractivity contribution is 0.194. The molecule has 142 valence electrons. The Morgan fingerprint density at radius 2 is 1.85 bits per heavy atom. The molecule has 1 saturated heterocycles. The minimum absolute atomic E-state index is 0.792. The molecule has 1 aliphatic heterocycles. The zero-order valence-electron chi connectivity index (χ0n) is 16.2. The summed E-state index contributed by atoms with van der Waals surface area (Å²) in [7, 11) is 3.94. The molecule has 0 bridgehead atoms. The molecule has 3 rings (SSSR count). The number of anilines is 1. The van der Waals surface area contributed by atoms with E-state index in [-0.39, 0.29) is 0 Å². The first-order valence-electron chi connectivity index (χ1n) is 9.47. The number of aromatic nitrogens is 2. The Morgan fingerprint density at radius 1 is 1.12 bits per heavy atom. The van der Waals surface area contributed by atoms with Crippen molar-refractivity contribution in [2.75, 3.05) is 58.4 Å². The molecule has 0 saturated carbocycles. The van der Waals surface area contributed by atoms with Crippen molar-refractivity contribution in [2.24, 2.45) is 0 Å². The van der Waals surface area contributed by atoms with Gasteiger partial charge >= 0.3 is 0 Å². The highest BCUT2D eigenvalue weighted by molar-refractivity contribution is 5.55. The standard InChI is InChI=1S/C20H31N5O/c1-17-19(16-21-10-7-15-26-3)20(24-13-11-23(2)12-14-24)25(22-17)18-8-5-4-6-9-18/h4-6,8-9,21H,7,10-16H2,1-3H3. The van der Waals surface area contributed by atoms with Crippen molar-refractivity contribution in [3.8, 4) is 5.69 Å². The molecule has 0 amide bonds. The van der Waals surface area contributed by atoms with Gasteiger partial charge in [-0.2, -0.15) is 5.10 Å². The van der Waals surface area contributed by atoms with Gasteiger partial charge in [-0.1, -0.05) is 18.2 Å². The zero-order chi connectivity index (χ0) is 18.4. The fourth-order valence-corrected chi connectivity index (χ4v) is 3.40. The normalized spacial score (nSPS) is 15.6. The van der Waals surface area contributed by atoms with Crippen LogP contribution in [0.3, 0.4) is 0 Å². The number of piperazine rings is 1. The summed E-state index contributed by atoms with van der Waals surface area (Å²) in [6.45, 7) is 8.93. The number of ether oxygens (including phenoxy) is 1. The second-order valence-electron chi connectivity index (χ2n) is 6.95. The Kier molecular flexibility index (Phi) is 6.66. The van der Waals surface area contributed by atoms with Crippen LogP contribution in [-0.2, 0) is 11.3 Å². The molecule has 0 unspecified atom stereocenters. The number of aryl methyl sites for hydroxylation is 1. The molecule has 0 radical (unpaired) electrons. The predicted octanol–water partition coefficient (Wildman–Crippen LogP) is 2.06. The largest absolute Gasteiger partial charge is 0.385 e. The lowest BCUT2D eigenvalue weighted by atomic mass is 10.2. The van der Waals surface area contributed by atoms with E-state index in [4.69, 9.17) is 9.84 Å². The van der Waals surface area contributed by atoms with Gasteiger partial charge in [0, 0.05) is 52.0 Å². The van der Waals surface area contributed by atoms with Crippen LogP contribution in [0.5, 0.6) is 0 Å². The van der Waals surface area contributed by atoms with Crippen LogP contribution >= 0.6 is 0 Å². The molecule has 2 heterocycles. The monoisotopic (exact) mass is 357 g/mol. The summed E-state index contributed by atoms with van der Waals surface area (Å²) >= 11 is 0. The van der Waals surface area contributed by atoms with Gasteiger partial charge in [-0.05, 0) is 39.1 Å². The van der Waals surface area contributed by atoms with Gasteiger partial charge in [0.05, 0.1) is 11.4 Å². The van der Waals surface area contributed by atoms with E-state index < -0.39 is 0 Å². The van der Waals surface area contributed by atoms with E-state index in [2.05, 4.69) is 58.0 Å². The van der Waals surface area contributed by atoms with Gasteiger partial charge in [0.2, 0.25) is 0 Å². The minimum atomic E-state index is 0.792. The van der Waals surface area contributed by atoms with E-state index in [1.54, 1.807) is 7.11 Å². The van der Waals surface area contributed by atoms with Gasteiger partial charge in [-0.15, -0.1) is 0 Å². The molecule has 1 aliphatic rings. The molecule has 6 nitrogen and oxygen atoms in total. The summed E-state index contributed by atoms with van der Waals surface area (Å²) in [5.41, 5.74) is 3.52. The maximum atomic E-state index is 5.14. The zero-order valence-corrected chi connectivity index (χ0v) is 16.2. The lowest BCUT2D eigenvalue weighted by Crippen LogP contribution is -2.45. The Balaban J connectivity index is 1.86. The quantitative estimate of drug-likeness (QED) is 0.733. The number of nitrogens with one attached hydrogen (secondary N) is 1. The first-order chi connectivity index (χ1) is 12.7. The molecule has 6 heteroatoms. The van der Waals surface area contributed by atoms with Crippen molar-refractivity contribution < 1.29 is 4.74 Å². The molecule has 1 fully saturated rings. The van der Waals surface area contributed by atoms with E-state index in [1.165, 1.54) is 11.4 Å². The molecule has 26 heavy (non-hydrogen) atoms. The van der Waals surface area contributed by atoms with Crippen LogP contribution in [0.25, 0.3) is 5.69 Å². The average molecular weight is 358 g/mol. The highest BCUT2D eigenvalue weighted by Gasteiger charge is 2.24. The van der Waals surface area contributed by atoms with Crippen LogP contribution in [0.4, 0.5) is 5.82 Å². The fraction of sp³-hybridized carbons (Fsp3) is 0.550. The second kappa shape index (κ2) is 9.16. The van der Waals surface area contributed by atoms with E-state index >= 15 is 0 Å². The van der Waals surface area contributed by atoms with Crippen LogP contribution in [0.2, 0.25) is 0 Å². The number of methoxy groups -OCH3 is 1. The maximum absolute atomic E-state index is 5.14. The Hall–Kier alpha value is -1.89. The van der Waals surface area contributed by atoms with E-state index in [0.29, 0.717) is 0 Å². The van der Waals surface area contributed by atoms with Crippen molar-refractivity contribution in [3.05, 3.63) is 41.6 Å². The SMILES string of the molecule is COCCCNCc1c(C)nn(-c2ccccc2)c1N1CCN(C)CC1. The number of hydrogen-bond donors (Lipinski definition) is 1. The number of para-hydroxylation sites is 1. The van der Waals surface area contributed by atoms with Gasteiger partial charge in [-0.25, -0.2) is 4.68 Å². The van der Waals surface area contributed by atoms with Crippen molar-refractivity contribution in [1.29, 1.82) is 0 Å². The number of nitrogens with zero attached hydrogens (tertiary/aromatic N) is 4. The second-order valence-corrected chi connectivity index (χ2v) is 6.95. The summed E-state index contributed by atoms with van der Waals surface area (Å²) in [5.74, 6) is 1.24. The predicted molar refractivity (Wildman–Crippen MR) is 106 cm³/mol. The molecule has 0 atom stereocenters. The van der Waals surface area contributed by atoms with Gasteiger partial charge in [0.25, 0.3) is 0 Å². The summed E-state index contributed by atoms with van der Waals surface area (Å²) in [5, 5.41) is 8.45. The third kappa shape index (κ3) is 4.44. The molecule has 0 spiro atoms. The van der Waals surface area contributed by atoms with Crippen LogP contribution in [0, 0.1) is 6.92 Å². The molecule has 1 aromatic heterocycles. The van der Waals surface area contributed by atoms with Crippen molar-refractivity contribution in [1.82, 2.24) is 20.0 Å². The third-order valence-corrected chi connectivity index (χ3v) is 4.96. The van der Waals surface area contributed by atoms with E-state index in [9.17, 15) is 0 Å². The van der Waals surface area contributed by atoms with E-state index in [0.717, 1.165) is 63.7 Å². The summed E-state index contributed by atoms with van der Waals surface area (Å²) < 4.78 is 7.26. The number of rotatable bonds is 8. The van der Waals surface area contributed by atoms with Crippen molar-refractivity contribution in [3.63, 3.8) is 0 Å². The molecular formula is C20H31N5O. The summed E-state index contributed by atoms with van der Waals surface area (Å²) in [6, 6.07) is 10.4. The van der Waals surface area contributed by atoms with Gasteiger partial charge in [-0.3, -0.25) is 0 Å². The Bertz CT molecular complexity index is 677. The van der Waals surface area contributed by atoms with Gasteiger partial charge in [0.1, 0.15) is 5.82 Å². The first kappa shape index (κ1) is 18.9. The lowest BCUT2D eigenvalue weighted by Gasteiger charge is -2.34. The van der Waals surface area contributed by atoms with Crippen LogP contribution in [0.1, 0.15) is 17.7 Å². The average Bonchev–Trinajstić information content (AvgIpc) is 2.99. The molecule has 1 aromatic carbocycles. The molecular weight excluding hydrogens is 326 g/mol. The third-order valence-electron chi connectivity index (χ3n) is 4.96. The minimum Gasteiger partial charge on any atom is -0.385 e. The van der Waals surface area contributed by atoms with Gasteiger partial charge < -0.3 is 19.9 Å². The maximum Gasteiger partial charge on any atom is 0.137 e. The summed E-state index contributed by atoms with van der Waals surface area (Å²) in [6.07, 6.45) is 1.02. The topological polar surface area (TPSA) is 45.6 Å². The Morgan fingerprint density at radius 3 is 2.54 bits per heavy atom. The summed E-state index contributed by atoms with van der Waals surface area (Å²) in [4.78, 5) is 4.87. The smallest absolute Gasteiger partial charge is 0.137 e. The first-order valence-corrected chi connectivity index (χ1v) is 9.47. The number of likely N-dealkylation sites (N-methyl/N-ethyl adjacent to an activating group) is 1. The van der Waals surface area contributed by atoms with Crippen LogP contribution in [0.15, 0.2) is 30.3 Å². The molecule has 1 N–H and O–H groups in total. The van der Waals surface area contributed by atoms with Crippen LogP contribution < -0.4 is 10.2 Å². The molecule has 2 aromatic rings. The highest BCUT2D eigenvalue weighted by atomic mass is 16.5. The highest BCUT2D eigenvalue weighted by Crippen LogP contribution is 2.28.